The molecular formula is C13H24O. The Morgan fingerprint density at radius 2 is 1.36 bits per heavy atom. The van der Waals surface area contributed by atoms with Gasteiger partial charge in [0.2, 0.25) is 0 Å². The first-order valence-electron chi connectivity index (χ1n) is 6.24. The van der Waals surface area contributed by atoms with Gasteiger partial charge in [-0.1, -0.05) is 57.1 Å². The molecule has 0 saturated heterocycles. The number of rotatable bonds is 0. The molecule has 0 aromatic carbocycles. The second-order valence-electron chi connectivity index (χ2n) is 4.40. The Morgan fingerprint density at radius 3 is 2.07 bits per heavy atom. The fourth-order valence-corrected chi connectivity index (χ4v) is 2.03. The summed E-state index contributed by atoms with van der Waals surface area (Å²) < 4.78 is 0. The van der Waals surface area contributed by atoms with Crippen molar-refractivity contribution in [3.63, 3.8) is 0 Å². The predicted octanol–water partition coefficient (Wildman–Crippen LogP) is 3.82. The lowest BCUT2D eigenvalue weighted by molar-refractivity contribution is 0.207. The molecule has 1 heteroatoms. The van der Waals surface area contributed by atoms with Gasteiger partial charge in [0, 0.05) is 0 Å². The lowest BCUT2D eigenvalue weighted by Gasteiger charge is -2.04. The molecule has 1 N–H and O–H groups in total. The Labute approximate surface area is 88.2 Å². The van der Waals surface area contributed by atoms with Crippen molar-refractivity contribution in [3.8, 4) is 0 Å². The fraction of sp³-hybridized carbons (Fsp3) is 0.846. The maximum atomic E-state index is 9.58. The van der Waals surface area contributed by atoms with Crippen LogP contribution in [-0.4, -0.2) is 11.2 Å². The SMILES string of the molecule is OC1/C=C/CCCCCCCCCC1. The fourth-order valence-electron chi connectivity index (χ4n) is 2.03. The molecule has 0 bridgehead atoms. The molecule has 1 rings (SSSR count). The van der Waals surface area contributed by atoms with Crippen LogP contribution in [0.25, 0.3) is 0 Å². The van der Waals surface area contributed by atoms with Gasteiger partial charge in [0.15, 0.2) is 0 Å². The third-order valence-corrected chi connectivity index (χ3v) is 2.98. The normalized spacial score (nSPS) is 29.6. The molecule has 1 unspecified atom stereocenters. The van der Waals surface area contributed by atoms with E-state index < -0.39 is 0 Å². The van der Waals surface area contributed by atoms with E-state index in [2.05, 4.69) is 6.08 Å². The largest absolute Gasteiger partial charge is 0.389 e. The van der Waals surface area contributed by atoms with Gasteiger partial charge in [0.25, 0.3) is 0 Å². The Hall–Kier alpha value is -0.300. The van der Waals surface area contributed by atoms with Crippen molar-refractivity contribution in [2.75, 3.05) is 0 Å². The van der Waals surface area contributed by atoms with E-state index in [4.69, 9.17) is 0 Å². The first kappa shape index (κ1) is 11.8. The standard InChI is InChI=1S/C13H24O/c14-13-11-9-7-5-3-1-2-4-6-8-10-12-13/h9,11,13-14H,1-8,10,12H2/b11-9+. The number of hydrogen-bond donors (Lipinski definition) is 1. The molecule has 0 radical (unpaired) electrons. The zero-order chi connectivity index (χ0) is 10.1. The van der Waals surface area contributed by atoms with Crippen LogP contribution in [0.4, 0.5) is 0 Å². The van der Waals surface area contributed by atoms with E-state index in [-0.39, 0.29) is 6.10 Å². The number of allylic oxidation sites excluding steroid dienone is 1. The molecule has 0 heterocycles. The van der Waals surface area contributed by atoms with Gasteiger partial charge >= 0.3 is 0 Å². The second-order valence-corrected chi connectivity index (χ2v) is 4.40. The van der Waals surface area contributed by atoms with Gasteiger partial charge in [-0.15, -0.1) is 0 Å². The molecule has 0 fully saturated rings. The molecule has 1 aliphatic rings. The first-order valence-corrected chi connectivity index (χ1v) is 6.24. The molecule has 0 saturated carbocycles. The Bertz CT molecular complexity index is 151. The molecular weight excluding hydrogens is 172 g/mol. The molecule has 0 amide bonds. The average Bonchev–Trinajstić information content (AvgIpc) is 2.20. The summed E-state index contributed by atoms with van der Waals surface area (Å²) in [6, 6.07) is 0. The summed E-state index contributed by atoms with van der Waals surface area (Å²) in [5, 5.41) is 9.58. The zero-order valence-electron chi connectivity index (χ0n) is 9.25. The van der Waals surface area contributed by atoms with Crippen LogP contribution in [0, 0.1) is 0 Å². The van der Waals surface area contributed by atoms with E-state index in [9.17, 15) is 5.11 Å². The van der Waals surface area contributed by atoms with Crippen molar-refractivity contribution < 1.29 is 5.11 Å². The van der Waals surface area contributed by atoms with Gasteiger partial charge in [-0.25, -0.2) is 0 Å². The first-order chi connectivity index (χ1) is 6.89. The molecule has 82 valence electrons. The van der Waals surface area contributed by atoms with Crippen molar-refractivity contribution in [1.29, 1.82) is 0 Å². The van der Waals surface area contributed by atoms with E-state index in [0.29, 0.717) is 0 Å². The van der Waals surface area contributed by atoms with Crippen LogP contribution in [0.1, 0.15) is 64.2 Å². The summed E-state index contributed by atoms with van der Waals surface area (Å²) in [5.74, 6) is 0. The van der Waals surface area contributed by atoms with E-state index in [1.165, 1.54) is 51.4 Å². The van der Waals surface area contributed by atoms with Gasteiger partial charge in [-0.2, -0.15) is 0 Å². The Balaban J connectivity index is 2.21. The summed E-state index contributed by atoms with van der Waals surface area (Å²) in [5.41, 5.74) is 0. The Kier molecular flexibility index (Phi) is 6.77. The monoisotopic (exact) mass is 196 g/mol. The van der Waals surface area contributed by atoms with E-state index in [1.807, 2.05) is 6.08 Å². The van der Waals surface area contributed by atoms with Crippen LogP contribution in [0.5, 0.6) is 0 Å². The van der Waals surface area contributed by atoms with Crippen molar-refractivity contribution in [1.82, 2.24) is 0 Å². The molecule has 0 spiro atoms. The molecule has 0 aliphatic heterocycles. The summed E-state index contributed by atoms with van der Waals surface area (Å²) in [4.78, 5) is 0. The summed E-state index contributed by atoms with van der Waals surface area (Å²) in [6.45, 7) is 0. The minimum Gasteiger partial charge on any atom is -0.389 e. The lowest BCUT2D eigenvalue weighted by atomic mass is 10.1. The maximum absolute atomic E-state index is 9.58. The average molecular weight is 196 g/mol. The van der Waals surface area contributed by atoms with Gasteiger partial charge in [0.05, 0.1) is 6.10 Å². The second kappa shape index (κ2) is 8.05. The van der Waals surface area contributed by atoms with Crippen LogP contribution < -0.4 is 0 Å². The molecule has 1 atom stereocenters. The third kappa shape index (κ3) is 6.20. The minimum absolute atomic E-state index is 0.184. The molecule has 0 aromatic rings. The van der Waals surface area contributed by atoms with Crippen LogP contribution in [0.3, 0.4) is 0 Å². The highest BCUT2D eigenvalue weighted by atomic mass is 16.3. The predicted molar refractivity (Wildman–Crippen MR) is 61.3 cm³/mol. The highest BCUT2D eigenvalue weighted by Crippen LogP contribution is 2.13. The third-order valence-electron chi connectivity index (χ3n) is 2.98. The van der Waals surface area contributed by atoms with Crippen molar-refractivity contribution in [3.05, 3.63) is 12.2 Å². The van der Waals surface area contributed by atoms with Crippen LogP contribution in [-0.2, 0) is 0 Å². The highest BCUT2D eigenvalue weighted by molar-refractivity contribution is 4.88. The van der Waals surface area contributed by atoms with E-state index >= 15 is 0 Å². The highest BCUT2D eigenvalue weighted by Gasteiger charge is 1.99. The van der Waals surface area contributed by atoms with Crippen molar-refractivity contribution >= 4 is 0 Å². The minimum atomic E-state index is -0.184. The zero-order valence-corrected chi connectivity index (χ0v) is 9.25. The van der Waals surface area contributed by atoms with Gasteiger partial charge in [-0.05, 0) is 19.3 Å². The molecule has 1 nitrogen and oxygen atoms in total. The van der Waals surface area contributed by atoms with Crippen LogP contribution in [0.15, 0.2) is 12.2 Å². The van der Waals surface area contributed by atoms with Crippen LogP contribution in [0.2, 0.25) is 0 Å². The van der Waals surface area contributed by atoms with E-state index in [1.54, 1.807) is 0 Å². The number of hydrogen-bond acceptors (Lipinski definition) is 1. The van der Waals surface area contributed by atoms with Gasteiger partial charge in [0.1, 0.15) is 0 Å². The Morgan fingerprint density at radius 1 is 0.786 bits per heavy atom. The smallest absolute Gasteiger partial charge is 0.0720 e. The van der Waals surface area contributed by atoms with Crippen molar-refractivity contribution in [2.45, 2.75) is 70.3 Å². The molecule has 14 heavy (non-hydrogen) atoms. The maximum Gasteiger partial charge on any atom is 0.0720 e. The molecule has 0 aromatic heterocycles. The summed E-state index contributed by atoms with van der Waals surface area (Å²) in [6.07, 6.45) is 16.8. The van der Waals surface area contributed by atoms with Crippen molar-refractivity contribution in [2.24, 2.45) is 0 Å². The summed E-state index contributed by atoms with van der Waals surface area (Å²) >= 11 is 0. The number of aliphatic hydroxyl groups is 1. The van der Waals surface area contributed by atoms with Gasteiger partial charge < -0.3 is 5.11 Å². The van der Waals surface area contributed by atoms with Gasteiger partial charge in [-0.3, -0.25) is 0 Å². The van der Waals surface area contributed by atoms with Crippen LogP contribution >= 0.6 is 0 Å². The number of aliphatic hydroxyl groups excluding tert-OH is 1. The quantitative estimate of drug-likeness (QED) is 0.584. The molecule has 1 aliphatic carbocycles. The lowest BCUT2D eigenvalue weighted by Crippen LogP contribution is -2.01. The summed E-state index contributed by atoms with van der Waals surface area (Å²) in [7, 11) is 0. The van der Waals surface area contributed by atoms with E-state index in [0.717, 1.165) is 12.8 Å². The topological polar surface area (TPSA) is 20.2 Å².